The van der Waals surface area contributed by atoms with Gasteiger partial charge in [0, 0.05) is 10.0 Å². The molecule has 2 aromatic rings. The van der Waals surface area contributed by atoms with Crippen LogP contribution in [0.1, 0.15) is 24.2 Å². The highest BCUT2D eigenvalue weighted by Crippen LogP contribution is 2.69. The summed E-state index contributed by atoms with van der Waals surface area (Å²) >= 11 is 3.33. The number of hydrogen-bond acceptors (Lipinski definition) is 7. The normalized spacial score (nSPS) is 29.3. The Morgan fingerprint density at radius 2 is 1.59 bits per heavy atom. The van der Waals surface area contributed by atoms with Crippen molar-refractivity contribution in [2.45, 2.75) is 25.2 Å². The molecule has 0 spiro atoms. The van der Waals surface area contributed by atoms with Crippen LogP contribution in [0.15, 0.2) is 53.0 Å². The molecule has 2 heterocycles. The number of nitriles is 3. The predicted octanol–water partition coefficient (Wildman–Crippen LogP) is 5.46. The second-order valence-electron chi connectivity index (χ2n) is 7.89. The molecule has 2 aliphatic rings. The summed E-state index contributed by atoms with van der Waals surface area (Å²) in [7, 11) is 0. The number of hydrogen-bond donors (Lipinski definition) is 1. The molecule has 2 saturated heterocycles. The standard InChI is InChI=1S/C23H14BrF3N4O3/c1-13-21(12-30)19(31)34-22(13,15-4-6-16(24)7-5-15)33-18(20(21,10-28)11-29)14-2-8-17(9-3-14)32-23(25,26)27/h2-9,13,18,31H,1H3. The summed E-state index contributed by atoms with van der Waals surface area (Å²) in [6.45, 7) is 1.56. The van der Waals surface area contributed by atoms with Gasteiger partial charge in [-0.3, -0.25) is 5.41 Å². The van der Waals surface area contributed by atoms with Crippen molar-refractivity contribution in [1.29, 1.82) is 21.2 Å². The monoisotopic (exact) mass is 530 g/mol. The zero-order valence-corrected chi connectivity index (χ0v) is 18.9. The Morgan fingerprint density at radius 1 is 1.00 bits per heavy atom. The first-order chi connectivity index (χ1) is 16.0. The number of halogens is 4. The van der Waals surface area contributed by atoms with E-state index < -0.39 is 46.6 Å². The van der Waals surface area contributed by atoms with Crippen molar-refractivity contribution in [2.75, 3.05) is 0 Å². The van der Waals surface area contributed by atoms with Crippen LogP contribution in [0.25, 0.3) is 0 Å². The van der Waals surface area contributed by atoms with Crippen LogP contribution in [-0.2, 0) is 15.3 Å². The predicted molar refractivity (Wildman–Crippen MR) is 112 cm³/mol. The van der Waals surface area contributed by atoms with E-state index in [2.05, 4.69) is 20.7 Å². The Labute approximate surface area is 200 Å². The molecule has 0 saturated carbocycles. The van der Waals surface area contributed by atoms with E-state index >= 15 is 0 Å². The molecule has 4 atom stereocenters. The van der Waals surface area contributed by atoms with Crippen LogP contribution < -0.4 is 4.74 Å². The fraction of sp³-hybridized carbons (Fsp3) is 0.304. The van der Waals surface area contributed by atoms with Crippen LogP contribution in [0.5, 0.6) is 5.75 Å². The number of nitrogens with one attached hydrogen (secondary N) is 1. The van der Waals surface area contributed by atoms with Gasteiger partial charge in [-0.25, -0.2) is 0 Å². The quantitative estimate of drug-likeness (QED) is 0.561. The van der Waals surface area contributed by atoms with Crippen LogP contribution in [0.2, 0.25) is 0 Å². The fourth-order valence-electron chi connectivity index (χ4n) is 4.70. The number of fused-ring (bicyclic) bond motifs is 2. The maximum Gasteiger partial charge on any atom is 0.573 e. The first kappa shape index (κ1) is 23.6. The van der Waals surface area contributed by atoms with Crippen molar-refractivity contribution in [3.05, 3.63) is 64.1 Å². The van der Waals surface area contributed by atoms with Crippen LogP contribution in [0, 0.1) is 56.2 Å². The minimum atomic E-state index is -4.90. The Balaban J connectivity index is 1.92. The average molecular weight is 531 g/mol. The van der Waals surface area contributed by atoms with E-state index in [1.807, 2.05) is 18.2 Å². The molecule has 34 heavy (non-hydrogen) atoms. The van der Waals surface area contributed by atoms with Crippen molar-refractivity contribution in [3.63, 3.8) is 0 Å². The number of benzene rings is 2. The minimum Gasteiger partial charge on any atom is -0.443 e. The highest BCUT2D eigenvalue weighted by atomic mass is 79.9. The summed E-state index contributed by atoms with van der Waals surface area (Å²) < 4.78 is 54.5. The molecular formula is C23H14BrF3N4O3. The van der Waals surface area contributed by atoms with Crippen LogP contribution >= 0.6 is 15.9 Å². The lowest BCUT2D eigenvalue weighted by molar-refractivity contribution is -0.288. The average Bonchev–Trinajstić information content (AvgIpc) is 2.95. The van der Waals surface area contributed by atoms with E-state index in [1.54, 1.807) is 31.2 Å². The van der Waals surface area contributed by atoms with Gasteiger partial charge in [0.05, 0.1) is 24.1 Å². The van der Waals surface area contributed by atoms with Crippen LogP contribution in [-0.4, -0.2) is 12.3 Å². The highest BCUT2D eigenvalue weighted by molar-refractivity contribution is 9.10. The topological polar surface area (TPSA) is 123 Å². The number of ether oxygens (including phenoxy) is 3. The molecule has 11 heteroatoms. The summed E-state index contributed by atoms with van der Waals surface area (Å²) in [5.41, 5.74) is -3.67. The Kier molecular flexibility index (Phi) is 5.36. The van der Waals surface area contributed by atoms with E-state index in [1.165, 1.54) is 12.1 Å². The maximum absolute atomic E-state index is 12.6. The number of rotatable bonds is 3. The van der Waals surface area contributed by atoms with Gasteiger partial charge < -0.3 is 14.2 Å². The molecule has 0 aromatic heterocycles. The summed E-state index contributed by atoms with van der Waals surface area (Å²) in [6.07, 6.45) is -6.34. The molecule has 0 aliphatic carbocycles. The lowest BCUT2D eigenvalue weighted by Crippen LogP contribution is -2.57. The van der Waals surface area contributed by atoms with Gasteiger partial charge in [0.1, 0.15) is 11.9 Å². The SMILES string of the molecule is CC1C2(c3ccc(Br)cc3)OC(=N)C1(C#N)C(C#N)(C#N)C(c1ccc(OC(F)(F)F)cc1)O2. The van der Waals surface area contributed by atoms with Gasteiger partial charge in [-0.05, 0) is 29.8 Å². The van der Waals surface area contributed by atoms with Gasteiger partial charge in [-0.1, -0.05) is 47.1 Å². The van der Waals surface area contributed by atoms with E-state index in [4.69, 9.17) is 14.9 Å². The first-order valence-electron chi connectivity index (χ1n) is 9.81. The summed E-state index contributed by atoms with van der Waals surface area (Å²) in [5.74, 6) is -3.75. The molecule has 2 bridgehead atoms. The molecule has 0 amide bonds. The highest BCUT2D eigenvalue weighted by Gasteiger charge is 2.79. The van der Waals surface area contributed by atoms with E-state index in [-0.39, 0.29) is 5.56 Å². The lowest BCUT2D eigenvalue weighted by atomic mass is 9.53. The molecule has 2 fully saturated rings. The number of alkyl halides is 3. The molecular weight excluding hydrogens is 517 g/mol. The van der Waals surface area contributed by atoms with Crippen molar-refractivity contribution < 1.29 is 27.4 Å². The molecule has 7 nitrogen and oxygen atoms in total. The fourth-order valence-corrected chi connectivity index (χ4v) is 4.96. The van der Waals surface area contributed by atoms with E-state index in [0.717, 1.165) is 16.6 Å². The summed E-state index contributed by atoms with van der Waals surface area (Å²) in [4.78, 5) is 0. The third kappa shape index (κ3) is 3.07. The Bertz CT molecular complexity index is 1260. The van der Waals surface area contributed by atoms with Crippen LogP contribution in [0.4, 0.5) is 13.2 Å². The third-order valence-corrected chi connectivity index (χ3v) is 6.86. The molecule has 0 radical (unpaired) electrons. The molecule has 1 N–H and O–H groups in total. The smallest absolute Gasteiger partial charge is 0.443 e. The van der Waals surface area contributed by atoms with Gasteiger partial charge in [-0.15, -0.1) is 13.2 Å². The van der Waals surface area contributed by atoms with Gasteiger partial charge in [0.25, 0.3) is 0 Å². The molecule has 4 rings (SSSR count). The van der Waals surface area contributed by atoms with E-state index in [0.29, 0.717) is 5.56 Å². The van der Waals surface area contributed by atoms with Gasteiger partial charge >= 0.3 is 6.36 Å². The second kappa shape index (κ2) is 7.73. The largest absolute Gasteiger partial charge is 0.573 e. The molecule has 2 aliphatic heterocycles. The molecule has 4 unspecified atom stereocenters. The molecule has 172 valence electrons. The van der Waals surface area contributed by atoms with E-state index in [9.17, 15) is 29.0 Å². The summed E-state index contributed by atoms with van der Waals surface area (Å²) in [5, 5.41) is 39.2. The number of nitrogens with zero attached hydrogens (tertiary/aromatic N) is 3. The van der Waals surface area contributed by atoms with Crippen LogP contribution in [0.3, 0.4) is 0 Å². The van der Waals surface area contributed by atoms with Crippen molar-refractivity contribution >= 4 is 21.8 Å². The summed E-state index contributed by atoms with van der Waals surface area (Å²) in [6, 6.07) is 16.9. The zero-order chi connectivity index (χ0) is 24.9. The first-order valence-corrected chi connectivity index (χ1v) is 10.6. The maximum atomic E-state index is 12.6. The third-order valence-electron chi connectivity index (χ3n) is 6.33. The van der Waals surface area contributed by atoms with Crippen molar-refractivity contribution in [3.8, 4) is 24.0 Å². The van der Waals surface area contributed by atoms with Gasteiger partial charge in [0.2, 0.25) is 17.1 Å². The minimum absolute atomic E-state index is 0.143. The van der Waals surface area contributed by atoms with Crippen molar-refractivity contribution in [2.24, 2.45) is 16.7 Å². The van der Waals surface area contributed by atoms with Gasteiger partial charge in [-0.2, -0.15) is 15.8 Å². The van der Waals surface area contributed by atoms with Crippen molar-refractivity contribution in [1.82, 2.24) is 0 Å². The Hall–Kier alpha value is -3.59. The zero-order valence-electron chi connectivity index (χ0n) is 17.4. The molecule has 2 aromatic carbocycles. The van der Waals surface area contributed by atoms with Gasteiger partial charge in [0.15, 0.2) is 5.41 Å². The second-order valence-corrected chi connectivity index (χ2v) is 8.81. The Morgan fingerprint density at radius 3 is 2.09 bits per heavy atom. The lowest BCUT2D eigenvalue weighted by Gasteiger charge is -2.48.